The van der Waals surface area contributed by atoms with E-state index in [-0.39, 0.29) is 24.3 Å². The van der Waals surface area contributed by atoms with Crippen molar-refractivity contribution in [3.05, 3.63) is 29.3 Å². The van der Waals surface area contributed by atoms with Gasteiger partial charge in [0.15, 0.2) is 0 Å². The highest BCUT2D eigenvalue weighted by Crippen LogP contribution is 2.61. The molecule has 0 aromatic heterocycles. The van der Waals surface area contributed by atoms with E-state index >= 15 is 0 Å². The first kappa shape index (κ1) is 17.7. The van der Waals surface area contributed by atoms with E-state index in [1.54, 1.807) is 24.3 Å². The van der Waals surface area contributed by atoms with Crippen LogP contribution in [-0.4, -0.2) is 24.4 Å². The normalized spacial score (nSPS) is 37.4. The lowest BCUT2D eigenvalue weighted by Crippen LogP contribution is -2.48. The fraction of sp³-hybridized carbons (Fsp3) is 0.636. The van der Waals surface area contributed by atoms with E-state index in [1.165, 1.54) is 43.4 Å². The van der Waals surface area contributed by atoms with Gasteiger partial charge in [-0.1, -0.05) is 11.6 Å². The predicted octanol–water partition coefficient (Wildman–Crippen LogP) is 4.17. The molecule has 1 saturated heterocycles. The van der Waals surface area contributed by atoms with Crippen LogP contribution in [0.5, 0.6) is 0 Å². The lowest BCUT2D eigenvalue weighted by atomic mass is 9.49. The summed E-state index contributed by atoms with van der Waals surface area (Å²) in [5.74, 6) is 2.59. The maximum atomic E-state index is 12.8. The summed E-state index contributed by atoms with van der Waals surface area (Å²) in [6.45, 7) is 0.838. The van der Waals surface area contributed by atoms with Crippen molar-refractivity contribution in [1.82, 2.24) is 5.32 Å². The monoisotopic (exact) mass is 386 g/mol. The molecule has 1 aromatic carbocycles. The summed E-state index contributed by atoms with van der Waals surface area (Å²) < 4.78 is 0. The zero-order chi connectivity index (χ0) is 18.6. The van der Waals surface area contributed by atoms with E-state index in [1.807, 2.05) is 0 Å². The van der Waals surface area contributed by atoms with Crippen molar-refractivity contribution in [3.63, 3.8) is 0 Å². The summed E-state index contributed by atoms with van der Waals surface area (Å²) in [6, 6.07) is 6.50. The first-order chi connectivity index (χ1) is 13.0. The maximum absolute atomic E-state index is 12.8. The molecule has 27 heavy (non-hydrogen) atoms. The molecule has 1 heterocycles. The number of anilines is 1. The number of carbonyl (C=O) groups is 2. The Kier molecular flexibility index (Phi) is 4.32. The number of benzene rings is 1. The minimum absolute atomic E-state index is 0.130. The molecule has 0 spiro atoms. The Labute approximate surface area is 165 Å². The van der Waals surface area contributed by atoms with Gasteiger partial charge in [0.25, 0.3) is 5.91 Å². The number of halogens is 1. The van der Waals surface area contributed by atoms with Crippen LogP contribution in [0.4, 0.5) is 5.69 Å². The average Bonchev–Trinajstić information content (AvgIpc) is 2.88. The molecule has 1 N–H and O–H groups in total. The van der Waals surface area contributed by atoms with Gasteiger partial charge in [0, 0.05) is 5.02 Å². The van der Waals surface area contributed by atoms with Crippen molar-refractivity contribution in [3.8, 4) is 0 Å². The van der Waals surface area contributed by atoms with Crippen LogP contribution in [-0.2, 0) is 9.59 Å². The van der Waals surface area contributed by atoms with E-state index in [0.29, 0.717) is 16.1 Å². The predicted molar refractivity (Wildman–Crippen MR) is 106 cm³/mol. The van der Waals surface area contributed by atoms with Gasteiger partial charge in [0.2, 0.25) is 5.91 Å². The molecule has 1 unspecified atom stereocenters. The molecule has 144 valence electrons. The zero-order valence-electron chi connectivity index (χ0n) is 15.6. The van der Waals surface area contributed by atoms with Crippen LogP contribution in [0.1, 0.15) is 51.4 Å². The fourth-order valence-electron chi connectivity index (χ4n) is 6.76. The second-order valence-corrected chi connectivity index (χ2v) is 9.86. The Morgan fingerprint density at radius 2 is 1.59 bits per heavy atom. The zero-order valence-corrected chi connectivity index (χ0v) is 16.4. The van der Waals surface area contributed by atoms with Gasteiger partial charge in [0.1, 0.15) is 0 Å². The molecule has 4 nitrogen and oxygen atoms in total. The van der Waals surface area contributed by atoms with E-state index < -0.39 is 0 Å². The van der Waals surface area contributed by atoms with Gasteiger partial charge in [-0.05, 0) is 98.9 Å². The number of carbonyl (C=O) groups excluding carboxylic acids is 2. The smallest absolute Gasteiger partial charge is 0.251 e. The number of amides is 2. The molecule has 5 aliphatic rings. The molecule has 0 radical (unpaired) electrons. The minimum Gasteiger partial charge on any atom is -0.305 e. The van der Waals surface area contributed by atoms with Crippen molar-refractivity contribution < 1.29 is 9.59 Å². The molecular weight excluding hydrogens is 360 g/mol. The summed E-state index contributed by atoms with van der Waals surface area (Å²) in [6.07, 6.45) is 9.92. The summed E-state index contributed by atoms with van der Waals surface area (Å²) >= 11 is 5.92. The van der Waals surface area contributed by atoms with Crippen LogP contribution in [0.15, 0.2) is 24.3 Å². The maximum Gasteiger partial charge on any atom is 0.251 e. The van der Waals surface area contributed by atoms with Crippen molar-refractivity contribution in [2.24, 2.45) is 23.2 Å². The van der Waals surface area contributed by atoms with Gasteiger partial charge in [0.05, 0.1) is 18.2 Å². The summed E-state index contributed by atoms with van der Waals surface area (Å²) in [7, 11) is 0. The lowest BCUT2D eigenvalue weighted by molar-refractivity contribution is -0.121. The molecule has 4 saturated carbocycles. The Bertz CT molecular complexity index is 725. The third-order valence-corrected chi connectivity index (χ3v) is 7.69. The van der Waals surface area contributed by atoms with Crippen LogP contribution >= 0.6 is 11.6 Å². The van der Waals surface area contributed by atoms with Gasteiger partial charge in [-0.3, -0.25) is 9.59 Å². The summed E-state index contributed by atoms with van der Waals surface area (Å²) in [4.78, 5) is 26.5. The first-order valence-corrected chi connectivity index (χ1v) is 10.7. The molecule has 1 atom stereocenters. The van der Waals surface area contributed by atoms with E-state index in [4.69, 9.17) is 11.6 Å². The highest BCUT2D eigenvalue weighted by atomic mass is 35.5. The molecule has 4 aliphatic carbocycles. The summed E-state index contributed by atoms with van der Waals surface area (Å²) in [5.41, 5.74) is 1.11. The van der Waals surface area contributed by atoms with Crippen molar-refractivity contribution >= 4 is 29.1 Å². The quantitative estimate of drug-likeness (QED) is 0.772. The number of hydrogen-bond donors (Lipinski definition) is 1. The number of imide groups is 1. The van der Waals surface area contributed by atoms with Gasteiger partial charge in [-0.2, -0.15) is 0 Å². The van der Waals surface area contributed by atoms with E-state index in [0.717, 1.165) is 30.7 Å². The third kappa shape index (κ3) is 3.21. The van der Waals surface area contributed by atoms with Gasteiger partial charge in [-0.25, -0.2) is 4.90 Å². The Morgan fingerprint density at radius 1 is 1.00 bits per heavy atom. The largest absolute Gasteiger partial charge is 0.305 e. The van der Waals surface area contributed by atoms with Gasteiger partial charge >= 0.3 is 0 Å². The van der Waals surface area contributed by atoms with Crippen molar-refractivity contribution in [1.29, 1.82) is 0 Å². The van der Waals surface area contributed by atoms with Crippen LogP contribution in [0.2, 0.25) is 5.02 Å². The van der Waals surface area contributed by atoms with Crippen LogP contribution in [0, 0.1) is 23.2 Å². The van der Waals surface area contributed by atoms with Crippen LogP contribution in [0.3, 0.4) is 0 Å². The second kappa shape index (κ2) is 6.59. The van der Waals surface area contributed by atoms with Crippen molar-refractivity contribution in [2.45, 2.75) is 57.4 Å². The average molecular weight is 387 g/mol. The molecule has 1 aromatic rings. The standard InChI is InChI=1S/C22H27ClN2O2/c23-17-1-3-18(4-2-17)25-20(26)10-19(21(25)27)24-6-5-22-11-14-7-15(12-22)9-16(8-14)13-22/h1-4,14-16,19,24H,5-13H2. The van der Waals surface area contributed by atoms with Gasteiger partial charge < -0.3 is 5.32 Å². The number of rotatable bonds is 5. The van der Waals surface area contributed by atoms with E-state index in [9.17, 15) is 9.59 Å². The highest BCUT2D eigenvalue weighted by molar-refractivity contribution is 6.30. The van der Waals surface area contributed by atoms with Crippen molar-refractivity contribution in [2.75, 3.05) is 11.4 Å². The van der Waals surface area contributed by atoms with Gasteiger partial charge in [-0.15, -0.1) is 0 Å². The number of hydrogen-bond acceptors (Lipinski definition) is 3. The minimum atomic E-state index is -0.387. The summed E-state index contributed by atoms with van der Waals surface area (Å²) in [5, 5.41) is 4.01. The number of nitrogens with zero attached hydrogens (tertiary/aromatic N) is 1. The number of nitrogens with one attached hydrogen (secondary N) is 1. The Hall–Kier alpha value is -1.39. The molecule has 6 rings (SSSR count). The lowest BCUT2D eigenvalue weighted by Gasteiger charge is -2.57. The topological polar surface area (TPSA) is 49.4 Å². The second-order valence-electron chi connectivity index (χ2n) is 9.42. The SMILES string of the molecule is O=C1CC(NCCC23CC4CC(CC(C4)C2)C3)C(=O)N1c1ccc(Cl)cc1. The molecule has 2 amide bonds. The molecule has 5 fully saturated rings. The Balaban J connectivity index is 1.20. The van der Waals surface area contributed by atoms with Crippen LogP contribution in [0.25, 0.3) is 0 Å². The third-order valence-electron chi connectivity index (χ3n) is 7.44. The molecule has 4 bridgehead atoms. The first-order valence-electron chi connectivity index (χ1n) is 10.4. The highest BCUT2D eigenvalue weighted by Gasteiger charge is 2.50. The fourth-order valence-corrected chi connectivity index (χ4v) is 6.89. The van der Waals surface area contributed by atoms with Crippen LogP contribution < -0.4 is 10.2 Å². The van der Waals surface area contributed by atoms with E-state index in [2.05, 4.69) is 5.32 Å². The molecular formula is C22H27ClN2O2. The Morgan fingerprint density at radius 3 is 2.19 bits per heavy atom. The molecule has 5 heteroatoms. The molecule has 1 aliphatic heterocycles.